The Hall–Kier alpha value is -2.01. The first-order chi connectivity index (χ1) is 15.4. The molecule has 33 heavy (non-hydrogen) atoms. The fraction of sp³-hybridized carbons (Fsp3) is 0.679. The summed E-state index contributed by atoms with van der Waals surface area (Å²) in [6, 6.07) is 0. The van der Waals surface area contributed by atoms with Crippen molar-refractivity contribution in [3.63, 3.8) is 0 Å². The van der Waals surface area contributed by atoms with Crippen molar-refractivity contribution in [3.05, 3.63) is 36.0 Å². The largest absolute Gasteiger partial charge is 0.448 e. The van der Waals surface area contributed by atoms with Crippen LogP contribution in [-0.4, -0.2) is 34.3 Å². The second-order valence-corrected chi connectivity index (χ2v) is 11.2. The number of hydrogen-bond acceptors (Lipinski definition) is 5. The number of ketones is 2. The fourth-order valence-corrected chi connectivity index (χ4v) is 6.10. The molecule has 5 heteroatoms. The van der Waals surface area contributed by atoms with Crippen LogP contribution in [0.1, 0.15) is 79.6 Å². The first-order valence-corrected chi connectivity index (χ1v) is 12.4. The normalized spacial score (nSPS) is 36.9. The molecule has 5 nitrogen and oxygen atoms in total. The average molecular weight is 457 g/mol. The third-order valence-electron chi connectivity index (χ3n) is 8.55. The summed E-state index contributed by atoms with van der Waals surface area (Å²) in [6.07, 6.45) is 8.91. The highest BCUT2D eigenvalue weighted by atomic mass is 16.6. The third kappa shape index (κ3) is 5.24. The third-order valence-corrected chi connectivity index (χ3v) is 8.55. The van der Waals surface area contributed by atoms with Crippen LogP contribution in [0.5, 0.6) is 0 Å². The molecule has 0 bridgehead atoms. The van der Waals surface area contributed by atoms with Gasteiger partial charge in [0.05, 0.1) is 6.10 Å². The molecule has 3 fully saturated rings. The van der Waals surface area contributed by atoms with Gasteiger partial charge in [-0.2, -0.15) is 0 Å². The SMILES string of the molecule is C=C(/C=C/C(C)C1CCC2/C(=C/C(=O)OC3(C)CCC(O)CC3=O)C(=O)CCC21C)C(C)C. The molecule has 0 heterocycles. The maximum atomic E-state index is 12.9. The number of aliphatic hydroxyl groups excluding tert-OH is 1. The number of aliphatic hydroxyl groups is 1. The Morgan fingerprint density at radius 2 is 1.85 bits per heavy atom. The van der Waals surface area contributed by atoms with Crippen LogP contribution in [0.4, 0.5) is 0 Å². The topological polar surface area (TPSA) is 80.7 Å². The van der Waals surface area contributed by atoms with Crippen molar-refractivity contribution in [2.75, 3.05) is 0 Å². The molecule has 0 aromatic carbocycles. The van der Waals surface area contributed by atoms with Gasteiger partial charge in [-0.25, -0.2) is 4.79 Å². The lowest BCUT2D eigenvalue weighted by Gasteiger charge is -2.43. The molecular weight excluding hydrogens is 416 g/mol. The maximum Gasteiger partial charge on any atom is 0.332 e. The molecule has 3 rings (SSSR count). The molecule has 6 unspecified atom stereocenters. The monoisotopic (exact) mass is 456 g/mol. The highest BCUT2D eigenvalue weighted by Crippen LogP contribution is 2.58. The summed E-state index contributed by atoms with van der Waals surface area (Å²) in [6.45, 7) is 14.5. The highest BCUT2D eigenvalue weighted by molar-refractivity contribution is 6.02. The lowest BCUT2D eigenvalue weighted by Crippen LogP contribution is -2.46. The van der Waals surface area contributed by atoms with Gasteiger partial charge in [0.15, 0.2) is 17.2 Å². The number of carbonyl (C=O) groups is 3. The van der Waals surface area contributed by atoms with Gasteiger partial charge in [-0.05, 0) is 68.1 Å². The molecule has 0 spiro atoms. The van der Waals surface area contributed by atoms with Gasteiger partial charge < -0.3 is 9.84 Å². The molecule has 1 N–H and O–H groups in total. The van der Waals surface area contributed by atoms with Crippen LogP contribution in [0.2, 0.25) is 0 Å². The molecular formula is C28H40O5. The predicted octanol–water partition coefficient (Wildman–Crippen LogP) is 5.13. The van der Waals surface area contributed by atoms with Gasteiger partial charge in [0.1, 0.15) is 0 Å². The number of hydrogen-bond donors (Lipinski definition) is 1. The number of rotatable bonds is 6. The molecule has 0 aromatic heterocycles. The summed E-state index contributed by atoms with van der Waals surface area (Å²) in [7, 11) is 0. The molecule has 6 atom stereocenters. The Kier molecular flexibility index (Phi) is 7.52. The van der Waals surface area contributed by atoms with E-state index >= 15 is 0 Å². The standard InChI is InChI=1S/C28H40O5/c1-17(2)18(3)7-8-19(4)22-9-10-23-21(24(30)12-13-27(22,23)5)16-26(32)33-28(6)14-11-20(29)15-25(28)31/h7-8,16-17,19-20,22-23,29H,3,9-15H2,1-2,4-6H3/b8-7+,21-16-. The maximum absolute atomic E-state index is 12.9. The van der Waals surface area contributed by atoms with Crippen molar-refractivity contribution in [2.45, 2.75) is 91.3 Å². The number of carbonyl (C=O) groups excluding carboxylic acids is 3. The van der Waals surface area contributed by atoms with Crippen LogP contribution in [-0.2, 0) is 19.1 Å². The van der Waals surface area contributed by atoms with Crippen LogP contribution in [0.3, 0.4) is 0 Å². The van der Waals surface area contributed by atoms with Crippen molar-refractivity contribution >= 4 is 17.5 Å². The minimum absolute atomic E-state index is 0.00367. The Bertz CT molecular complexity index is 881. The Morgan fingerprint density at radius 3 is 2.48 bits per heavy atom. The Labute approximate surface area is 198 Å². The van der Waals surface area contributed by atoms with E-state index in [1.165, 1.54) is 6.08 Å². The first-order valence-electron chi connectivity index (χ1n) is 12.4. The van der Waals surface area contributed by atoms with E-state index in [2.05, 4.69) is 46.4 Å². The molecule has 0 aliphatic heterocycles. The van der Waals surface area contributed by atoms with Gasteiger partial charge in [-0.15, -0.1) is 0 Å². The summed E-state index contributed by atoms with van der Waals surface area (Å²) in [5.74, 6) is 0.331. The van der Waals surface area contributed by atoms with Crippen molar-refractivity contribution < 1.29 is 24.2 Å². The first kappa shape index (κ1) is 25.6. The smallest absolute Gasteiger partial charge is 0.332 e. The second kappa shape index (κ2) is 9.69. The summed E-state index contributed by atoms with van der Waals surface area (Å²) in [4.78, 5) is 38.1. The lowest BCUT2D eigenvalue weighted by atomic mass is 9.61. The predicted molar refractivity (Wildman–Crippen MR) is 128 cm³/mol. The molecule has 3 aliphatic rings. The minimum atomic E-state index is -1.23. The second-order valence-electron chi connectivity index (χ2n) is 11.2. The van der Waals surface area contributed by atoms with Gasteiger partial charge in [0, 0.05) is 24.5 Å². The van der Waals surface area contributed by atoms with E-state index in [0.717, 1.165) is 24.8 Å². The van der Waals surface area contributed by atoms with E-state index < -0.39 is 17.7 Å². The zero-order valence-electron chi connectivity index (χ0n) is 20.9. The van der Waals surface area contributed by atoms with E-state index in [0.29, 0.717) is 42.6 Å². The van der Waals surface area contributed by atoms with Gasteiger partial charge in [-0.3, -0.25) is 9.59 Å². The summed E-state index contributed by atoms with van der Waals surface area (Å²) in [5.41, 5.74) is 0.385. The minimum Gasteiger partial charge on any atom is -0.448 e. The quantitative estimate of drug-likeness (QED) is 0.340. The van der Waals surface area contributed by atoms with E-state index in [9.17, 15) is 19.5 Å². The molecule has 0 aromatic rings. The number of esters is 1. The molecule has 3 aliphatic carbocycles. The zero-order chi connectivity index (χ0) is 24.6. The summed E-state index contributed by atoms with van der Waals surface area (Å²) < 4.78 is 5.58. The molecule has 0 saturated heterocycles. The van der Waals surface area contributed by atoms with Crippen molar-refractivity contribution in [3.8, 4) is 0 Å². The summed E-state index contributed by atoms with van der Waals surface area (Å²) >= 11 is 0. The fourth-order valence-electron chi connectivity index (χ4n) is 6.10. The van der Waals surface area contributed by atoms with Crippen LogP contribution < -0.4 is 0 Å². The van der Waals surface area contributed by atoms with E-state index in [1.807, 2.05) is 0 Å². The number of Topliss-reactive ketones (excluding diaryl/α,β-unsaturated/α-hetero) is 2. The summed E-state index contributed by atoms with van der Waals surface area (Å²) in [5, 5.41) is 9.71. The van der Waals surface area contributed by atoms with Gasteiger partial charge in [0.25, 0.3) is 0 Å². The van der Waals surface area contributed by atoms with Crippen molar-refractivity contribution in [2.24, 2.45) is 29.1 Å². The van der Waals surface area contributed by atoms with Gasteiger partial charge in [-0.1, -0.05) is 52.0 Å². The van der Waals surface area contributed by atoms with Crippen LogP contribution in [0.25, 0.3) is 0 Å². The van der Waals surface area contributed by atoms with Gasteiger partial charge >= 0.3 is 5.97 Å². The van der Waals surface area contributed by atoms with E-state index in [-0.39, 0.29) is 29.3 Å². The number of fused-ring (bicyclic) bond motifs is 1. The van der Waals surface area contributed by atoms with Crippen LogP contribution in [0, 0.1) is 29.1 Å². The highest BCUT2D eigenvalue weighted by Gasteiger charge is 2.53. The van der Waals surface area contributed by atoms with Crippen molar-refractivity contribution in [1.29, 1.82) is 0 Å². The van der Waals surface area contributed by atoms with Crippen LogP contribution >= 0.6 is 0 Å². The average Bonchev–Trinajstić information content (AvgIpc) is 3.09. The lowest BCUT2D eigenvalue weighted by molar-refractivity contribution is -0.167. The zero-order valence-corrected chi connectivity index (χ0v) is 20.9. The van der Waals surface area contributed by atoms with Crippen LogP contribution in [0.15, 0.2) is 36.0 Å². The molecule has 0 amide bonds. The van der Waals surface area contributed by atoms with Crippen molar-refractivity contribution in [1.82, 2.24) is 0 Å². The Balaban J connectivity index is 1.77. The number of ether oxygens (including phenoxy) is 1. The van der Waals surface area contributed by atoms with E-state index in [4.69, 9.17) is 4.74 Å². The van der Waals surface area contributed by atoms with E-state index in [1.54, 1.807) is 6.92 Å². The molecule has 182 valence electrons. The molecule has 0 radical (unpaired) electrons. The van der Waals surface area contributed by atoms with Gasteiger partial charge in [0.2, 0.25) is 0 Å². The number of allylic oxidation sites excluding steroid dienone is 4. The molecule has 3 saturated carbocycles. The Morgan fingerprint density at radius 1 is 1.15 bits per heavy atom.